The van der Waals surface area contributed by atoms with E-state index in [1.54, 1.807) is 29.9 Å². The molecule has 0 aliphatic rings. The van der Waals surface area contributed by atoms with Crippen molar-refractivity contribution >= 4 is 12.2 Å². The zero-order valence-corrected chi connectivity index (χ0v) is 12.1. The highest BCUT2D eigenvalue weighted by atomic mass is 32.1. The van der Waals surface area contributed by atoms with E-state index in [9.17, 15) is 5.11 Å². The van der Waals surface area contributed by atoms with Gasteiger partial charge in [-0.3, -0.25) is 9.67 Å². The number of methoxy groups -OCH3 is 1. The fraction of sp³-hybridized carbons (Fsp3) is 0.0667. The van der Waals surface area contributed by atoms with Crippen LogP contribution in [-0.4, -0.2) is 27.0 Å². The molecule has 0 saturated carbocycles. The van der Waals surface area contributed by atoms with Crippen LogP contribution < -0.4 is 4.74 Å². The van der Waals surface area contributed by atoms with Crippen molar-refractivity contribution in [3.05, 3.63) is 53.3 Å². The highest BCUT2D eigenvalue weighted by Gasteiger charge is 2.13. The van der Waals surface area contributed by atoms with Gasteiger partial charge in [-0.1, -0.05) is 12.1 Å². The number of phenolic OH excluding ortho intramolecular Hbond substituents is 1. The van der Waals surface area contributed by atoms with Crippen LogP contribution in [0.15, 0.2) is 48.5 Å². The summed E-state index contributed by atoms with van der Waals surface area (Å²) in [6, 6.07) is 14.5. The van der Waals surface area contributed by atoms with Gasteiger partial charge in [0.15, 0.2) is 10.6 Å². The third-order valence-corrected chi connectivity index (χ3v) is 3.42. The number of aromatic nitrogens is 3. The smallest absolute Gasteiger partial charge is 0.200 e. The number of H-pyrrole nitrogens is 1. The molecule has 2 N–H and O–H groups in total. The summed E-state index contributed by atoms with van der Waals surface area (Å²) in [6.45, 7) is 0. The molecule has 21 heavy (non-hydrogen) atoms. The molecule has 6 heteroatoms. The van der Waals surface area contributed by atoms with E-state index in [0.717, 1.165) is 11.4 Å². The first kappa shape index (κ1) is 13.4. The van der Waals surface area contributed by atoms with E-state index < -0.39 is 0 Å². The lowest BCUT2D eigenvalue weighted by Gasteiger charge is -2.09. The second-order valence-corrected chi connectivity index (χ2v) is 4.79. The molecule has 0 aliphatic carbocycles. The number of benzene rings is 2. The molecule has 1 aromatic heterocycles. The largest absolute Gasteiger partial charge is 0.507 e. The quantitative estimate of drug-likeness (QED) is 0.728. The maximum Gasteiger partial charge on any atom is 0.200 e. The number of hydrogen-bond acceptors (Lipinski definition) is 4. The molecule has 0 amide bonds. The van der Waals surface area contributed by atoms with Gasteiger partial charge in [0.05, 0.1) is 18.4 Å². The van der Waals surface area contributed by atoms with Crippen molar-refractivity contribution in [1.29, 1.82) is 0 Å². The monoisotopic (exact) mass is 299 g/mol. The number of rotatable bonds is 3. The van der Waals surface area contributed by atoms with Gasteiger partial charge in [0.25, 0.3) is 0 Å². The van der Waals surface area contributed by atoms with E-state index in [0.29, 0.717) is 16.2 Å². The Balaban J connectivity index is 2.17. The molecular formula is C15H13N3O2S. The van der Waals surface area contributed by atoms with Crippen molar-refractivity contribution in [2.75, 3.05) is 7.11 Å². The molecule has 0 atom stereocenters. The van der Waals surface area contributed by atoms with Crippen LogP contribution in [0.3, 0.4) is 0 Å². The van der Waals surface area contributed by atoms with Crippen LogP contribution in [0, 0.1) is 4.77 Å². The molecule has 0 unspecified atom stereocenters. The number of phenols is 1. The lowest BCUT2D eigenvalue weighted by atomic mass is 10.2. The Morgan fingerprint density at radius 1 is 1.14 bits per heavy atom. The SMILES string of the molecule is COc1ccc(-n2c(-c3ccccc3O)n[nH]c2=S)cc1. The number of aromatic hydroxyl groups is 1. The third-order valence-electron chi connectivity index (χ3n) is 3.15. The van der Waals surface area contributed by atoms with Crippen LogP contribution in [-0.2, 0) is 0 Å². The predicted molar refractivity (Wildman–Crippen MR) is 82.4 cm³/mol. The Bertz CT molecular complexity index is 821. The molecule has 1 heterocycles. The lowest BCUT2D eigenvalue weighted by molar-refractivity contribution is 0.414. The van der Waals surface area contributed by atoms with Crippen LogP contribution in [0.4, 0.5) is 0 Å². The van der Waals surface area contributed by atoms with Crippen molar-refractivity contribution in [3.8, 4) is 28.6 Å². The van der Waals surface area contributed by atoms with Gasteiger partial charge in [0.1, 0.15) is 11.5 Å². The third kappa shape index (κ3) is 2.41. The minimum absolute atomic E-state index is 0.154. The number of para-hydroxylation sites is 1. The molecular weight excluding hydrogens is 286 g/mol. The fourth-order valence-electron chi connectivity index (χ4n) is 2.11. The van der Waals surface area contributed by atoms with E-state index >= 15 is 0 Å². The summed E-state index contributed by atoms with van der Waals surface area (Å²) in [7, 11) is 1.62. The van der Waals surface area contributed by atoms with E-state index in [-0.39, 0.29) is 5.75 Å². The molecule has 0 saturated heterocycles. The molecule has 3 rings (SSSR count). The Hall–Kier alpha value is -2.60. The first-order valence-electron chi connectivity index (χ1n) is 6.31. The molecule has 0 spiro atoms. The molecule has 0 fully saturated rings. The van der Waals surface area contributed by atoms with Crippen molar-refractivity contribution in [2.24, 2.45) is 0 Å². The molecule has 0 radical (unpaired) electrons. The predicted octanol–water partition coefficient (Wildman–Crippen LogP) is 3.31. The van der Waals surface area contributed by atoms with Crippen LogP contribution in [0.1, 0.15) is 0 Å². The zero-order valence-electron chi connectivity index (χ0n) is 11.3. The van der Waals surface area contributed by atoms with E-state index in [1.165, 1.54) is 0 Å². The van der Waals surface area contributed by atoms with Gasteiger partial charge in [-0.25, -0.2) is 0 Å². The van der Waals surface area contributed by atoms with E-state index in [1.807, 2.05) is 30.3 Å². The Kier molecular flexibility index (Phi) is 3.45. The molecule has 106 valence electrons. The molecule has 0 bridgehead atoms. The van der Waals surface area contributed by atoms with Gasteiger partial charge < -0.3 is 9.84 Å². The van der Waals surface area contributed by atoms with Crippen LogP contribution in [0.2, 0.25) is 0 Å². The van der Waals surface area contributed by atoms with Crippen molar-refractivity contribution < 1.29 is 9.84 Å². The molecule has 3 aromatic rings. The zero-order chi connectivity index (χ0) is 14.8. The topological polar surface area (TPSA) is 63.1 Å². The summed E-state index contributed by atoms with van der Waals surface area (Å²) < 4.78 is 7.38. The number of nitrogens with one attached hydrogen (secondary N) is 1. The molecule has 0 aliphatic heterocycles. The van der Waals surface area contributed by atoms with Crippen molar-refractivity contribution in [1.82, 2.24) is 14.8 Å². The Morgan fingerprint density at radius 3 is 2.52 bits per heavy atom. The summed E-state index contributed by atoms with van der Waals surface area (Å²) in [4.78, 5) is 0. The van der Waals surface area contributed by atoms with Crippen LogP contribution >= 0.6 is 12.2 Å². The van der Waals surface area contributed by atoms with Gasteiger partial charge in [-0.05, 0) is 48.6 Å². The van der Waals surface area contributed by atoms with Crippen LogP contribution in [0.5, 0.6) is 11.5 Å². The highest BCUT2D eigenvalue weighted by Crippen LogP contribution is 2.29. The first-order chi connectivity index (χ1) is 10.2. The van der Waals surface area contributed by atoms with Crippen molar-refractivity contribution in [3.63, 3.8) is 0 Å². The second-order valence-electron chi connectivity index (χ2n) is 4.40. The minimum Gasteiger partial charge on any atom is -0.507 e. The Morgan fingerprint density at radius 2 is 1.86 bits per heavy atom. The normalized spacial score (nSPS) is 10.5. The fourth-order valence-corrected chi connectivity index (χ4v) is 2.35. The summed E-state index contributed by atoms with van der Waals surface area (Å²) in [5.41, 5.74) is 1.45. The summed E-state index contributed by atoms with van der Waals surface area (Å²) in [6.07, 6.45) is 0. The first-order valence-corrected chi connectivity index (χ1v) is 6.72. The highest BCUT2D eigenvalue weighted by molar-refractivity contribution is 7.71. The lowest BCUT2D eigenvalue weighted by Crippen LogP contribution is -1.98. The Labute approximate surface area is 126 Å². The number of aromatic amines is 1. The van der Waals surface area contributed by atoms with Gasteiger partial charge >= 0.3 is 0 Å². The van der Waals surface area contributed by atoms with Crippen molar-refractivity contribution in [2.45, 2.75) is 0 Å². The summed E-state index contributed by atoms with van der Waals surface area (Å²) >= 11 is 5.29. The van der Waals surface area contributed by atoms with Gasteiger partial charge in [-0.2, -0.15) is 5.10 Å². The summed E-state index contributed by atoms with van der Waals surface area (Å²) in [5.74, 6) is 1.47. The molecule has 2 aromatic carbocycles. The molecule has 5 nitrogen and oxygen atoms in total. The maximum absolute atomic E-state index is 10.0. The average Bonchev–Trinajstić information content (AvgIpc) is 2.89. The summed E-state index contributed by atoms with van der Waals surface area (Å²) in [5, 5.41) is 17.0. The standard InChI is InChI=1S/C15H13N3O2S/c1-20-11-8-6-10(7-9-11)18-14(16-17-15(18)21)12-4-2-3-5-13(12)19/h2-9,19H,1H3,(H,17,21). The van der Waals surface area contributed by atoms with Gasteiger partial charge in [0, 0.05) is 0 Å². The average molecular weight is 299 g/mol. The minimum atomic E-state index is 0.154. The van der Waals surface area contributed by atoms with Gasteiger partial charge in [-0.15, -0.1) is 0 Å². The van der Waals surface area contributed by atoms with E-state index in [4.69, 9.17) is 17.0 Å². The van der Waals surface area contributed by atoms with Gasteiger partial charge in [0.2, 0.25) is 0 Å². The second kappa shape index (κ2) is 5.41. The van der Waals surface area contributed by atoms with Crippen LogP contribution in [0.25, 0.3) is 17.1 Å². The number of nitrogens with zero attached hydrogens (tertiary/aromatic N) is 2. The maximum atomic E-state index is 10.0. The van der Waals surface area contributed by atoms with E-state index in [2.05, 4.69) is 10.2 Å². The number of hydrogen-bond donors (Lipinski definition) is 2. The number of ether oxygens (including phenoxy) is 1.